The van der Waals surface area contributed by atoms with Crippen molar-refractivity contribution < 1.29 is 24.9 Å². The molecule has 74 valence electrons. The monoisotopic (exact) mass is 196 g/mol. The van der Waals surface area contributed by atoms with Crippen molar-refractivity contribution in [1.29, 1.82) is 0 Å². The summed E-state index contributed by atoms with van der Waals surface area (Å²) in [5.74, 6) is -3.43. The Kier molecular flexibility index (Phi) is 2.71. The van der Waals surface area contributed by atoms with Gasteiger partial charge in [0.15, 0.2) is 11.5 Å². The van der Waals surface area contributed by atoms with Gasteiger partial charge in [0, 0.05) is 12.0 Å². The molecule has 0 heterocycles. The Morgan fingerprint density at radius 2 is 1.86 bits per heavy atom. The summed E-state index contributed by atoms with van der Waals surface area (Å²) in [7, 11) is 0. The number of carboxylic acid groups (broad SMARTS) is 1. The van der Waals surface area contributed by atoms with Crippen LogP contribution in [0.1, 0.15) is 5.56 Å². The molecule has 0 aliphatic rings. The van der Waals surface area contributed by atoms with Crippen molar-refractivity contribution in [2.45, 2.75) is 6.42 Å². The third kappa shape index (κ3) is 2.01. The third-order valence-electron chi connectivity index (χ3n) is 1.69. The van der Waals surface area contributed by atoms with Crippen LogP contribution >= 0.6 is 0 Å². The molecule has 0 aromatic heterocycles. The van der Waals surface area contributed by atoms with Gasteiger partial charge in [0.25, 0.3) is 0 Å². The van der Waals surface area contributed by atoms with Crippen molar-refractivity contribution in [1.82, 2.24) is 0 Å². The minimum absolute atomic E-state index is 0.0948. The Labute approximate surface area is 79.2 Å². The number of carbonyl (C=O) groups is 2. The molecule has 3 N–H and O–H groups in total. The molecular formula is C9H8O5. The Hall–Kier alpha value is -2.04. The Balaban J connectivity index is 2.93. The fourth-order valence-corrected chi connectivity index (χ4v) is 0.969. The summed E-state index contributed by atoms with van der Waals surface area (Å²) in [6, 6.07) is 4.03. The van der Waals surface area contributed by atoms with Crippen molar-refractivity contribution in [2.75, 3.05) is 0 Å². The highest BCUT2D eigenvalue weighted by molar-refractivity contribution is 6.33. The number of aromatic hydroxyl groups is 2. The first-order valence-corrected chi connectivity index (χ1v) is 3.78. The zero-order valence-electron chi connectivity index (χ0n) is 7.10. The zero-order valence-corrected chi connectivity index (χ0v) is 7.10. The van der Waals surface area contributed by atoms with Crippen LogP contribution in [0.15, 0.2) is 18.2 Å². The van der Waals surface area contributed by atoms with Gasteiger partial charge >= 0.3 is 5.97 Å². The Morgan fingerprint density at radius 1 is 1.21 bits per heavy atom. The molecule has 14 heavy (non-hydrogen) atoms. The van der Waals surface area contributed by atoms with Gasteiger partial charge in [-0.1, -0.05) is 12.1 Å². The minimum atomic E-state index is -1.56. The molecule has 0 aliphatic carbocycles. The molecule has 0 amide bonds. The molecule has 5 heteroatoms. The highest BCUT2D eigenvalue weighted by Crippen LogP contribution is 2.28. The van der Waals surface area contributed by atoms with Gasteiger partial charge in [0.1, 0.15) is 0 Å². The van der Waals surface area contributed by atoms with Crippen molar-refractivity contribution in [3.05, 3.63) is 23.8 Å². The number of ketones is 1. The van der Waals surface area contributed by atoms with Crippen LogP contribution in [0.4, 0.5) is 0 Å². The molecule has 1 aromatic rings. The molecule has 0 radical (unpaired) electrons. The number of phenols is 2. The molecule has 0 bridgehead atoms. The van der Waals surface area contributed by atoms with Gasteiger partial charge in [-0.3, -0.25) is 4.79 Å². The van der Waals surface area contributed by atoms with Crippen molar-refractivity contribution in [3.8, 4) is 11.5 Å². The average Bonchev–Trinajstić information content (AvgIpc) is 2.12. The van der Waals surface area contributed by atoms with E-state index in [2.05, 4.69) is 0 Å². The number of aliphatic carboxylic acids is 1. The van der Waals surface area contributed by atoms with E-state index in [1.165, 1.54) is 18.2 Å². The summed E-state index contributed by atoms with van der Waals surface area (Å²) < 4.78 is 0. The topological polar surface area (TPSA) is 94.8 Å². The number of phenolic OH excluding ortho intramolecular Hbond substituents is 2. The summed E-state index contributed by atoms with van der Waals surface area (Å²) in [6.07, 6.45) is -0.435. The van der Waals surface area contributed by atoms with Crippen molar-refractivity contribution in [2.24, 2.45) is 0 Å². The number of benzene rings is 1. The van der Waals surface area contributed by atoms with E-state index >= 15 is 0 Å². The van der Waals surface area contributed by atoms with E-state index < -0.39 is 23.9 Å². The summed E-state index contributed by atoms with van der Waals surface area (Å²) in [5, 5.41) is 26.6. The third-order valence-corrected chi connectivity index (χ3v) is 1.69. The van der Waals surface area contributed by atoms with Gasteiger partial charge in [-0.2, -0.15) is 0 Å². The maximum atomic E-state index is 10.8. The molecule has 0 fully saturated rings. The number of Topliss-reactive ketones (excluding diaryl/α,β-unsaturated/α-hetero) is 1. The number of carbonyl (C=O) groups excluding carboxylic acids is 1. The molecule has 0 saturated carbocycles. The maximum Gasteiger partial charge on any atom is 0.372 e. The number of hydrogen-bond acceptors (Lipinski definition) is 4. The summed E-state index contributed by atoms with van der Waals surface area (Å²) in [5.41, 5.74) is 0.0948. The van der Waals surface area contributed by atoms with E-state index in [0.717, 1.165) is 0 Å². The fourth-order valence-electron chi connectivity index (χ4n) is 0.969. The molecular weight excluding hydrogens is 188 g/mol. The molecule has 0 spiro atoms. The van der Waals surface area contributed by atoms with Gasteiger partial charge in [-0.25, -0.2) is 4.79 Å². The lowest BCUT2D eigenvalue weighted by Gasteiger charge is -2.02. The van der Waals surface area contributed by atoms with E-state index in [-0.39, 0.29) is 11.3 Å². The second-order valence-electron chi connectivity index (χ2n) is 2.69. The van der Waals surface area contributed by atoms with Crippen LogP contribution in [0.25, 0.3) is 0 Å². The summed E-state index contributed by atoms with van der Waals surface area (Å²) >= 11 is 0. The van der Waals surface area contributed by atoms with Crippen molar-refractivity contribution >= 4 is 11.8 Å². The standard InChI is InChI=1S/C9H8O5/c10-6-3-1-2-5(8(6)12)4-7(11)9(13)14/h1-3,10,12H,4H2,(H,13,14). The zero-order chi connectivity index (χ0) is 10.7. The number of hydrogen-bond donors (Lipinski definition) is 3. The van der Waals surface area contributed by atoms with Crippen LogP contribution in [0.5, 0.6) is 11.5 Å². The van der Waals surface area contributed by atoms with Crippen molar-refractivity contribution in [3.63, 3.8) is 0 Å². The Bertz CT molecular complexity index is 383. The molecule has 0 aliphatic heterocycles. The van der Waals surface area contributed by atoms with Gasteiger partial charge < -0.3 is 15.3 Å². The molecule has 5 nitrogen and oxygen atoms in total. The van der Waals surface area contributed by atoms with E-state index in [1.54, 1.807) is 0 Å². The summed E-state index contributed by atoms with van der Waals surface area (Å²) in [6.45, 7) is 0. The first kappa shape index (κ1) is 10.0. The quantitative estimate of drug-likeness (QED) is 0.477. The number of carboxylic acids is 1. The summed E-state index contributed by atoms with van der Waals surface area (Å²) in [4.78, 5) is 21.0. The lowest BCUT2D eigenvalue weighted by molar-refractivity contribution is -0.148. The van der Waals surface area contributed by atoms with Gasteiger partial charge in [0.2, 0.25) is 5.78 Å². The lowest BCUT2D eigenvalue weighted by Crippen LogP contribution is -2.15. The smallest absolute Gasteiger partial charge is 0.372 e. The van der Waals surface area contributed by atoms with Crippen LogP contribution in [0.2, 0.25) is 0 Å². The molecule has 1 aromatic carbocycles. The first-order valence-electron chi connectivity index (χ1n) is 3.78. The number of para-hydroxylation sites is 1. The Morgan fingerprint density at radius 3 is 2.43 bits per heavy atom. The maximum absolute atomic E-state index is 10.8. The van der Waals surface area contributed by atoms with E-state index in [4.69, 9.17) is 10.2 Å². The predicted molar refractivity (Wildman–Crippen MR) is 46.1 cm³/mol. The SMILES string of the molecule is O=C(O)C(=O)Cc1cccc(O)c1O. The van der Waals surface area contributed by atoms with Crippen LogP contribution in [-0.4, -0.2) is 27.1 Å². The van der Waals surface area contributed by atoms with Crippen LogP contribution in [0.3, 0.4) is 0 Å². The number of rotatable bonds is 3. The normalized spacial score (nSPS) is 9.71. The molecule has 1 rings (SSSR count). The van der Waals surface area contributed by atoms with Gasteiger partial charge in [-0.05, 0) is 6.07 Å². The lowest BCUT2D eigenvalue weighted by atomic mass is 10.1. The van der Waals surface area contributed by atoms with Crippen LogP contribution < -0.4 is 0 Å². The second-order valence-corrected chi connectivity index (χ2v) is 2.69. The van der Waals surface area contributed by atoms with Gasteiger partial charge in [0.05, 0.1) is 0 Å². The van der Waals surface area contributed by atoms with E-state index in [9.17, 15) is 14.7 Å². The molecule has 0 atom stereocenters. The molecule has 0 unspecified atom stereocenters. The second kappa shape index (κ2) is 3.78. The highest BCUT2D eigenvalue weighted by Gasteiger charge is 2.15. The fraction of sp³-hybridized carbons (Fsp3) is 0.111. The molecule has 0 saturated heterocycles. The highest BCUT2D eigenvalue weighted by atomic mass is 16.4. The van der Waals surface area contributed by atoms with Crippen LogP contribution in [-0.2, 0) is 16.0 Å². The van der Waals surface area contributed by atoms with Crippen LogP contribution in [0, 0.1) is 0 Å². The minimum Gasteiger partial charge on any atom is -0.504 e. The van der Waals surface area contributed by atoms with E-state index in [1.807, 2.05) is 0 Å². The predicted octanol–water partition coefficient (Wildman–Crippen LogP) is 0.294. The van der Waals surface area contributed by atoms with E-state index in [0.29, 0.717) is 0 Å². The first-order chi connectivity index (χ1) is 6.52. The average molecular weight is 196 g/mol. The van der Waals surface area contributed by atoms with Gasteiger partial charge in [-0.15, -0.1) is 0 Å². The largest absolute Gasteiger partial charge is 0.504 e.